The summed E-state index contributed by atoms with van der Waals surface area (Å²) < 4.78 is 0. The molecule has 0 spiro atoms. The second-order valence-corrected chi connectivity index (χ2v) is 0. The summed E-state index contributed by atoms with van der Waals surface area (Å²) in [5, 5.41) is 0. The first-order valence-corrected chi connectivity index (χ1v) is 0. The van der Waals surface area contributed by atoms with Gasteiger partial charge in [-0.15, -0.1) is 0 Å². The molecule has 18 valence electrons. The summed E-state index contributed by atoms with van der Waals surface area (Å²) in [5.74, 6) is 0. The Morgan fingerprint density at radius 2 is 0.750 bits per heavy atom. The summed E-state index contributed by atoms with van der Waals surface area (Å²) in [7, 11) is 0. The normalized spacial score (nSPS) is 0. The van der Waals surface area contributed by atoms with Gasteiger partial charge in [0.1, 0.15) is 0 Å². The average molecular weight is 114 g/mol. The van der Waals surface area contributed by atoms with E-state index in [2.05, 4.69) is 0 Å². The van der Waals surface area contributed by atoms with Crippen molar-refractivity contribution < 1.29 is 11.0 Å². The average Bonchev–Trinajstić information content (AvgIpc) is 0. The Kier molecular flexibility index (Phi) is 124. The van der Waals surface area contributed by atoms with Crippen LogP contribution in [0.4, 0.5) is 0 Å². The Balaban J connectivity index is 0. The topological polar surface area (TPSA) is 60.0 Å². The van der Waals surface area contributed by atoms with Crippen molar-refractivity contribution in [2.75, 3.05) is 0 Å². The molecule has 0 fully saturated rings. The third-order valence-electron chi connectivity index (χ3n) is 0. The van der Waals surface area contributed by atoms with E-state index in [9.17, 15) is 0 Å². The first-order chi connectivity index (χ1) is 0. The molecule has 0 aromatic heterocycles. The van der Waals surface area contributed by atoms with Crippen molar-refractivity contribution >= 4 is 89.1 Å². The molecule has 0 aromatic rings. The molecule has 0 aliphatic rings. The van der Waals surface area contributed by atoms with Crippen molar-refractivity contribution in [3.63, 3.8) is 0 Å². The molecule has 0 saturated heterocycles. The minimum atomic E-state index is 0. The molecule has 0 bridgehead atoms. The van der Waals surface area contributed by atoms with Crippen LogP contribution in [0.1, 0.15) is 0 Å². The van der Waals surface area contributed by atoms with Crippen LogP contribution in [0.3, 0.4) is 0 Å². The molecule has 0 saturated carbocycles. The number of hydrogen-bond acceptors (Lipinski definition) is 2. The minimum absolute atomic E-state index is 0. The Morgan fingerprint density at radius 1 is 0.750 bits per heavy atom. The van der Waals surface area contributed by atoms with Crippen LogP contribution in [-0.4, -0.2) is 100 Å². The summed E-state index contributed by atoms with van der Waals surface area (Å²) in [6.07, 6.45) is 0. The summed E-state index contributed by atoms with van der Waals surface area (Å²) in [4.78, 5) is 0. The summed E-state index contributed by atoms with van der Waals surface area (Å²) in [6.45, 7) is 0. The van der Waals surface area contributed by atoms with E-state index in [0.29, 0.717) is 0 Å². The Hall–Kier alpha value is 2.82. The fraction of sp³-hybridized carbons (Fsp3) is 0. The maximum atomic E-state index is 0. The van der Waals surface area contributed by atoms with E-state index in [-0.39, 0.29) is 100 Å². The standard InChI is InChI=1S/Ca.K.2H2O.H/h;;2*1H2;/q+2;;;;/p-2. The van der Waals surface area contributed by atoms with E-state index in [1.807, 2.05) is 0 Å². The molecule has 0 radical (unpaired) electrons. The van der Waals surface area contributed by atoms with E-state index in [0.717, 1.165) is 0 Å². The van der Waals surface area contributed by atoms with Crippen LogP contribution in [-0.2, 0) is 0 Å². The van der Waals surface area contributed by atoms with Gasteiger partial charge in [0.2, 0.25) is 0 Å². The molecule has 0 aliphatic heterocycles. The molecule has 0 aromatic carbocycles. The number of hydrogen-bond donors (Lipinski definition) is 0. The SMILES string of the molecule is [Ca+2].[KH].[OH-].[OH-]. The predicted octanol–water partition coefficient (Wildman–Crippen LogP) is -1.38. The van der Waals surface area contributed by atoms with Gasteiger partial charge in [0.25, 0.3) is 0 Å². The Labute approximate surface area is 97.4 Å². The second kappa shape index (κ2) is 17.0. The molecule has 0 aliphatic carbocycles. The van der Waals surface area contributed by atoms with E-state index >= 15 is 0 Å². The molecule has 0 atom stereocenters. The van der Waals surface area contributed by atoms with Crippen LogP contribution in [0, 0.1) is 0 Å². The van der Waals surface area contributed by atoms with E-state index in [1.165, 1.54) is 0 Å². The van der Waals surface area contributed by atoms with Gasteiger partial charge in [-0.1, -0.05) is 0 Å². The van der Waals surface area contributed by atoms with Crippen LogP contribution in [0.25, 0.3) is 0 Å². The molecular formula is H3CaKO2. The van der Waals surface area contributed by atoms with Gasteiger partial charge in [0.05, 0.1) is 0 Å². The van der Waals surface area contributed by atoms with Crippen LogP contribution >= 0.6 is 0 Å². The third-order valence-corrected chi connectivity index (χ3v) is 0. The van der Waals surface area contributed by atoms with Crippen molar-refractivity contribution in [2.24, 2.45) is 0 Å². The first-order valence-electron chi connectivity index (χ1n) is 0. The first kappa shape index (κ1) is 29.1. The van der Waals surface area contributed by atoms with Crippen LogP contribution in [0.5, 0.6) is 0 Å². The Bertz CT molecular complexity index is 6.00. The maximum absolute atomic E-state index is 0. The van der Waals surface area contributed by atoms with Gasteiger partial charge in [0.15, 0.2) is 0 Å². The molecule has 0 heterocycles. The molecule has 2 N–H and O–H groups in total. The zero-order valence-corrected chi connectivity index (χ0v) is 3.81. The molecule has 4 heavy (non-hydrogen) atoms. The Morgan fingerprint density at radius 3 is 0.750 bits per heavy atom. The van der Waals surface area contributed by atoms with Crippen LogP contribution in [0.2, 0.25) is 0 Å². The summed E-state index contributed by atoms with van der Waals surface area (Å²) in [5.41, 5.74) is 0. The zero-order chi connectivity index (χ0) is 0. The van der Waals surface area contributed by atoms with Gasteiger partial charge in [-0.3, -0.25) is 0 Å². The van der Waals surface area contributed by atoms with E-state index < -0.39 is 0 Å². The van der Waals surface area contributed by atoms with Crippen molar-refractivity contribution in [3.05, 3.63) is 0 Å². The van der Waals surface area contributed by atoms with Crippen molar-refractivity contribution in [3.8, 4) is 0 Å². The predicted molar refractivity (Wildman–Crippen MR) is 16.8 cm³/mol. The van der Waals surface area contributed by atoms with Gasteiger partial charge >= 0.3 is 89.1 Å². The largest absolute Gasteiger partial charge is 0.870 e. The smallest absolute Gasteiger partial charge is 0.870 e. The number of rotatable bonds is 0. The minimum Gasteiger partial charge on any atom is -0.870 e. The maximum Gasteiger partial charge on any atom is -0.870 e. The fourth-order valence-corrected chi connectivity index (χ4v) is 0. The third kappa shape index (κ3) is 8.84. The molecule has 4 heteroatoms. The summed E-state index contributed by atoms with van der Waals surface area (Å²) in [6, 6.07) is 0. The molecule has 2 nitrogen and oxygen atoms in total. The van der Waals surface area contributed by atoms with Crippen molar-refractivity contribution in [1.29, 1.82) is 0 Å². The van der Waals surface area contributed by atoms with Gasteiger partial charge in [-0.2, -0.15) is 0 Å². The van der Waals surface area contributed by atoms with Gasteiger partial charge in [-0.25, -0.2) is 0 Å². The van der Waals surface area contributed by atoms with Crippen molar-refractivity contribution in [1.82, 2.24) is 0 Å². The summed E-state index contributed by atoms with van der Waals surface area (Å²) >= 11 is 0. The van der Waals surface area contributed by atoms with E-state index in [1.54, 1.807) is 0 Å². The molecule has 0 amide bonds. The van der Waals surface area contributed by atoms with Crippen molar-refractivity contribution in [2.45, 2.75) is 0 Å². The van der Waals surface area contributed by atoms with Gasteiger partial charge in [0, 0.05) is 0 Å². The zero-order valence-electron chi connectivity index (χ0n) is 1.60. The second-order valence-electron chi connectivity index (χ2n) is 0. The molecular weight excluding hydrogens is 111 g/mol. The molecule has 0 rings (SSSR count). The van der Waals surface area contributed by atoms with E-state index in [4.69, 9.17) is 0 Å². The quantitative estimate of drug-likeness (QED) is 0.364. The van der Waals surface area contributed by atoms with Crippen LogP contribution in [0.15, 0.2) is 0 Å². The molecule has 0 unspecified atom stereocenters. The van der Waals surface area contributed by atoms with Gasteiger partial charge < -0.3 is 11.0 Å². The van der Waals surface area contributed by atoms with Crippen LogP contribution < -0.4 is 0 Å². The monoisotopic (exact) mass is 114 g/mol. The van der Waals surface area contributed by atoms with Gasteiger partial charge in [-0.05, 0) is 0 Å². The fourth-order valence-electron chi connectivity index (χ4n) is 0.